The smallest absolute Gasteiger partial charge is 0.395 e. The van der Waals surface area contributed by atoms with Crippen molar-refractivity contribution in [2.24, 2.45) is 5.10 Å². The van der Waals surface area contributed by atoms with Crippen molar-refractivity contribution in [3.05, 3.63) is 17.7 Å². The fourth-order valence-corrected chi connectivity index (χ4v) is 3.36. The van der Waals surface area contributed by atoms with Gasteiger partial charge in [0.1, 0.15) is 18.4 Å². The maximum atomic E-state index is 13.4. The minimum atomic E-state index is -4.37. The van der Waals surface area contributed by atoms with E-state index in [1.807, 2.05) is 0 Å². The summed E-state index contributed by atoms with van der Waals surface area (Å²) >= 11 is 0. The second-order valence-electron chi connectivity index (χ2n) is 7.01. The number of ether oxygens (including phenoxy) is 1. The molecule has 1 saturated heterocycles. The molecule has 7 nitrogen and oxygen atoms in total. The van der Waals surface area contributed by atoms with E-state index in [-0.39, 0.29) is 24.1 Å². The molecule has 0 aromatic heterocycles. The average Bonchev–Trinajstić information content (AvgIpc) is 2.58. The number of nitrogens with zero attached hydrogens (tertiary/aromatic N) is 2. The van der Waals surface area contributed by atoms with Crippen LogP contribution in [-0.2, 0) is 4.79 Å². The molecule has 146 valence electrons. The highest BCUT2D eigenvalue weighted by molar-refractivity contribution is 6.09. The van der Waals surface area contributed by atoms with Gasteiger partial charge in [0.15, 0.2) is 5.84 Å². The summed E-state index contributed by atoms with van der Waals surface area (Å²) < 4.78 is 45.8. The highest BCUT2D eigenvalue weighted by Gasteiger charge is 2.41. The third-order valence-corrected chi connectivity index (χ3v) is 5.19. The van der Waals surface area contributed by atoms with E-state index in [1.165, 1.54) is 6.07 Å². The van der Waals surface area contributed by atoms with Crippen molar-refractivity contribution in [1.29, 1.82) is 0 Å². The lowest BCUT2D eigenvalue weighted by Crippen LogP contribution is -2.55. The molecule has 0 aliphatic carbocycles. The molecule has 1 aromatic carbocycles. The van der Waals surface area contributed by atoms with Crippen LogP contribution in [0.5, 0.6) is 5.75 Å². The zero-order chi connectivity index (χ0) is 19.3. The van der Waals surface area contributed by atoms with Crippen LogP contribution in [0.4, 0.5) is 24.5 Å². The maximum Gasteiger partial charge on any atom is 0.395 e. The van der Waals surface area contributed by atoms with Crippen LogP contribution in [-0.4, -0.2) is 49.7 Å². The Morgan fingerprint density at radius 3 is 2.74 bits per heavy atom. The monoisotopic (exact) mass is 383 g/mol. The van der Waals surface area contributed by atoms with Crippen molar-refractivity contribution in [2.45, 2.75) is 38.0 Å². The zero-order valence-electron chi connectivity index (χ0n) is 14.9. The number of halogens is 3. The number of fused-ring (bicyclic) bond motifs is 3. The Bertz CT molecular complexity index is 806. The third kappa shape index (κ3) is 3.07. The normalized spacial score (nSPS) is 23.3. The highest BCUT2D eigenvalue weighted by atomic mass is 19.4. The summed E-state index contributed by atoms with van der Waals surface area (Å²) in [5.41, 5.74) is 3.49. The first-order chi connectivity index (χ1) is 12.8. The van der Waals surface area contributed by atoms with E-state index in [0.29, 0.717) is 36.0 Å². The molecule has 0 radical (unpaired) electrons. The van der Waals surface area contributed by atoms with Crippen molar-refractivity contribution in [1.82, 2.24) is 10.7 Å². The molecule has 1 fully saturated rings. The Hall–Kier alpha value is -2.49. The molecule has 10 heteroatoms. The van der Waals surface area contributed by atoms with Crippen molar-refractivity contribution in [3.63, 3.8) is 0 Å². The van der Waals surface area contributed by atoms with E-state index in [9.17, 15) is 18.0 Å². The van der Waals surface area contributed by atoms with Crippen LogP contribution in [0.15, 0.2) is 17.2 Å². The first-order valence-electron chi connectivity index (χ1n) is 8.76. The van der Waals surface area contributed by atoms with Gasteiger partial charge in [-0.25, -0.2) is 5.43 Å². The van der Waals surface area contributed by atoms with Gasteiger partial charge in [0, 0.05) is 18.8 Å². The van der Waals surface area contributed by atoms with Crippen LogP contribution in [0, 0.1) is 0 Å². The van der Waals surface area contributed by atoms with E-state index < -0.39 is 18.1 Å². The number of hydrazone groups is 1. The van der Waals surface area contributed by atoms with Crippen LogP contribution in [0.2, 0.25) is 0 Å². The number of amides is 1. The molecule has 1 aromatic rings. The maximum absolute atomic E-state index is 13.4. The second kappa shape index (κ2) is 6.29. The summed E-state index contributed by atoms with van der Waals surface area (Å²) in [5, 5.41) is 10.3. The SMILES string of the molecule is CC1C(=O)NN=C2COc3cc([C@@H](C)C(F)(F)F)c(NC4CNC4)cc3N21. The molecule has 1 amide bonds. The lowest BCUT2D eigenvalue weighted by molar-refractivity contribution is -0.146. The summed E-state index contributed by atoms with van der Waals surface area (Å²) in [6, 6.07) is 2.58. The largest absolute Gasteiger partial charge is 0.483 e. The van der Waals surface area contributed by atoms with E-state index in [0.717, 1.165) is 6.92 Å². The Balaban J connectivity index is 1.80. The standard InChI is InChI=1S/C17H20F3N5O2/c1-8(17(18,19)20)11-3-14-13(4-12(11)22-10-5-21-6-10)25-9(2)16(26)24-23-15(25)7-27-14/h3-4,8-10,21-22H,5-7H2,1-2H3,(H,24,26)/t8-,9?/m1/s1. The molecule has 27 heavy (non-hydrogen) atoms. The lowest BCUT2D eigenvalue weighted by atomic mass is 9.95. The number of nitrogens with one attached hydrogen (secondary N) is 3. The van der Waals surface area contributed by atoms with Gasteiger partial charge in [-0.1, -0.05) is 0 Å². The number of alkyl halides is 3. The van der Waals surface area contributed by atoms with Crippen molar-refractivity contribution < 1.29 is 22.7 Å². The first-order valence-corrected chi connectivity index (χ1v) is 8.76. The second-order valence-corrected chi connectivity index (χ2v) is 7.01. The highest BCUT2D eigenvalue weighted by Crippen LogP contribution is 2.45. The fourth-order valence-electron chi connectivity index (χ4n) is 3.36. The molecule has 3 heterocycles. The van der Waals surface area contributed by atoms with Crippen LogP contribution < -0.4 is 25.7 Å². The van der Waals surface area contributed by atoms with Gasteiger partial charge >= 0.3 is 6.18 Å². The van der Waals surface area contributed by atoms with Gasteiger partial charge < -0.3 is 20.3 Å². The summed E-state index contributed by atoms with van der Waals surface area (Å²) in [5.74, 6) is -1.10. The number of benzene rings is 1. The number of hydrogen-bond acceptors (Lipinski definition) is 6. The lowest BCUT2D eigenvalue weighted by Gasteiger charge is -2.39. The molecule has 3 aliphatic rings. The van der Waals surface area contributed by atoms with E-state index >= 15 is 0 Å². The quantitative estimate of drug-likeness (QED) is 0.742. The van der Waals surface area contributed by atoms with Gasteiger partial charge in [-0.15, -0.1) is 0 Å². The molecular weight excluding hydrogens is 363 g/mol. The predicted molar refractivity (Wildman–Crippen MR) is 94.2 cm³/mol. The fraction of sp³-hybridized carbons (Fsp3) is 0.529. The van der Waals surface area contributed by atoms with Gasteiger partial charge in [0.2, 0.25) is 0 Å². The Labute approximate surface area is 153 Å². The molecule has 3 N–H and O–H groups in total. The van der Waals surface area contributed by atoms with Crippen LogP contribution in [0.1, 0.15) is 25.3 Å². The number of rotatable bonds is 3. The van der Waals surface area contributed by atoms with E-state index in [1.54, 1.807) is 17.9 Å². The predicted octanol–water partition coefficient (Wildman–Crippen LogP) is 1.77. The third-order valence-electron chi connectivity index (χ3n) is 5.19. The van der Waals surface area contributed by atoms with Gasteiger partial charge in [-0.3, -0.25) is 4.79 Å². The molecule has 0 spiro atoms. The molecule has 1 unspecified atom stereocenters. The molecule has 3 aliphatic heterocycles. The van der Waals surface area contributed by atoms with E-state index in [2.05, 4.69) is 21.2 Å². The van der Waals surface area contributed by atoms with Crippen LogP contribution in [0.3, 0.4) is 0 Å². The van der Waals surface area contributed by atoms with Crippen molar-refractivity contribution >= 4 is 23.1 Å². The topological polar surface area (TPSA) is 78.0 Å². The van der Waals surface area contributed by atoms with Gasteiger partial charge in [-0.2, -0.15) is 18.3 Å². The summed E-state index contributed by atoms with van der Waals surface area (Å²) in [7, 11) is 0. The summed E-state index contributed by atoms with van der Waals surface area (Å²) in [6.07, 6.45) is -4.37. The van der Waals surface area contributed by atoms with Gasteiger partial charge in [0.05, 0.1) is 17.6 Å². The molecule has 4 rings (SSSR count). The van der Waals surface area contributed by atoms with E-state index in [4.69, 9.17) is 4.74 Å². The molecular formula is C17H20F3N5O2. The Morgan fingerprint density at radius 2 is 2.11 bits per heavy atom. The first kappa shape index (κ1) is 17.9. The molecule has 0 bridgehead atoms. The average molecular weight is 383 g/mol. The minimum Gasteiger partial charge on any atom is -0.483 e. The van der Waals surface area contributed by atoms with Crippen LogP contribution >= 0.6 is 0 Å². The van der Waals surface area contributed by atoms with Crippen LogP contribution in [0.25, 0.3) is 0 Å². The number of anilines is 2. The van der Waals surface area contributed by atoms with Gasteiger partial charge in [0.25, 0.3) is 5.91 Å². The number of hydrogen-bond donors (Lipinski definition) is 3. The number of carbonyl (C=O) groups is 1. The Kier molecular flexibility index (Phi) is 4.17. The minimum absolute atomic E-state index is 0.0574. The Morgan fingerprint density at radius 1 is 1.37 bits per heavy atom. The summed E-state index contributed by atoms with van der Waals surface area (Å²) in [4.78, 5) is 13.7. The number of carbonyl (C=O) groups excluding carboxylic acids is 1. The number of amidine groups is 1. The van der Waals surface area contributed by atoms with Crippen molar-refractivity contribution in [2.75, 3.05) is 29.9 Å². The molecule has 2 atom stereocenters. The van der Waals surface area contributed by atoms with Gasteiger partial charge in [-0.05, 0) is 31.5 Å². The zero-order valence-corrected chi connectivity index (χ0v) is 14.9. The van der Waals surface area contributed by atoms with Crippen molar-refractivity contribution in [3.8, 4) is 5.75 Å². The molecule has 0 saturated carbocycles. The summed E-state index contributed by atoms with van der Waals surface area (Å²) in [6.45, 7) is 4.30.